The Balaban J connectivity index is 1.40. The SMILES string of the molecule is C[C@H](Oc1cc(OC2CCN(C(=O)OCc3ccccc3)C(CC#N)C2)nc(C#N)n1)[C@@H]1C[C@@H](F)CN1C(=O)OC(C)(C)C. The molecule has 0 radical (unpaired) electrons. The summed E-state index contributed by atoms with van der Waals surface area (Å²) < 4.78 is 37.4. The van der Waals surface area contributed by atoms with Crippen LogP contribution in [0.25, 0.3) is 0 Å². The molecule has 13 heteroatoms. The number of carbonyl (C=O) groups is 2. The molecule has 0 bridgehead atoms. The molecule has 234 valence electrons. The third-order valence-corrected chi connectivity index (χ3v) is 7.27. The highest BCUT2D eigenvalue weighted by Gasteiger charge is 2.41. The first-order valence-corrected chi connectivity index (χ1v) is 14.6. The van der Waals surface area contributed by atoms with Crippen LogP contribution < -0.4 is 9.47 Å². The van der Waals surface area contributed by atoms with Crippen molar-refractivity contribution in [2.75, 3.05) is 13.1 Å². The second kappa shape index (κ2) is 14.2. The molecule has 1 aromatic carbocycles. The highest BCUT2D eigenvalue weighted by atomic mass is 19.1. The summed E-state index contributed by atoms with van der Waals surface area (Å²) in [5, 5.41) is 18.9. The molecule has 2 aliphatic heterocycles. The molecule has 44 heavy (non-hydrogen) atoms. The van der Waals surface area contributed by atoms with Crippen molar-refractivity contribution in [2.24, 2.45) is 0 Å². The Morgan fingerprint density at radius 2 is 1.82 bits per heavy atom. The molecular weight excluding hydrogens is 571 g/mol. The van der Waals surface area contributed by atoms with Crippen LogP contribution in [0.5, 0.6) is 11.8 Å². The van der Waals surface area contributed by atoms with Crippen molar-refractivity contribution in [3.05, 3.63) is 47.8 Å². The van der Waals surface area contributed by atoms with E-state index in [2.05, 4.69) is 16.0 Å². The van der Waals surface area contributed by atoms with Gasteiger partial charge in [-0.3, -0.25) is 4.90 Å². The van der Waals surface area contributed by atoms with Crippen molar-refractivity contribution in [1.29, 1.82) is 10.5 Å². The highest BCUT2D eigenvalue weighted by molar-refractivity contribution is 5.69. The molecule has 1 aromatic heterocycles. The van der Waals surface area contributed by atoms with E-state index in [1.165, 1.54) is 11.0 Å². The topological polar surface area (TPSA) is 151 Å². The fourth-order valence-electron chi connectivity index (χ4n) is 5.27. The van der Waals surface area contributed by atoms with E-state index < -0.39 is 48.3 Å². The van der Waals surface area contributed by atoms with Gasteiger partial charge >= 0.3 is 12.2 Å². The number of aromatic nitrogens is 2. The summed E-state index contributed by atoms with van der Waals surface area (Å²) in [6.07, 6.45) is -2.55. The minimum atomic E-state index is -1.24. The third kappa shape index (κ3) is 8.69. The van der Waals surface area contributed by atoms with Crippen molar-refractivity contribution in [2.45, 2.75) is 96.0 Å². The maximum Gasteiger partial charge on any atom is 0.410 e. The average Bonchev–Trinajstić information content (AvgIpc) is 3.38. The van der Waals surface area contributed by atoms with E-state index in [1.54, 1.807) is 32.6 Å². The fraction of sp³-hybridized carbons (Fsp3) is 0.548. The summed E-state index contributed by atoms with van der Waals surface area (Å²) in [4.78, 5) is 36.7. The zero-order chi connectivity index (χ0) is 31.9. The van der Waals surface area contributed by atoms with E-state index in [0.717, 1.165) is 5.56 Å². The molecule has 2 unspecified atom stereocenters. The van der Waals surface area contributed by atoms with E-state index >= 15 is 0 Å². The zero-order valence-electron chi connectivity index (χ0n) is 25.3. The number of nitrogens with zero attached hydrogens (tertiary/aromatic N) is 6. The van der Waals surface area contributed by atoms with Gasteiger partial charge < -0.3 is 23.8 Å². The summed E-state index contributed by atoms with van der Waals surface area (Å²) in [5.74, 6) is -0.0849. The Kier molecular flexibility index (Phi) is 10.4. The Morgan fingerprint density at radius 3 is 2.50 bits per heavy atom. The molecule has 0 N–H and O–H groups in total. The van der Waals surface area contributed by atoms with Gasteiger partial charge in [0.2, 0.25) is 17.6 Å². The first kappa shape index (κ1) is 32.3. The van der Waals surface area contributed by atoms with E-state index in [4.69, 9.17) is 18.9 Å². The minimum Gasteiger partial charge on any atom is -0.474 e. The smallest absolute Gasteiger partial charge is 0.410 e. The minimum absolute atomic E-state index is 0.0287. The molecule has 2 saturated heterocycles. The van der Waals surface area contributed by atoms with E-state index in [1.807, 2.05) is 36.4 Å². The maximum atomic E-state index is 14.4. The largest absolute Gasteiger partial charge is 0.474 e. The molecule has 4 rings (SSSR count). The normalized spacial score (nSPS) is 22.3. The third-order valence-electron chi connectivity index (χ3n) is 7.27. The van der Waals surface area contributed by atoms with Gasteiger partial charge in [0.05, 0.1) is 37.2 Å². The lowest BCUT2D eigenvalue weighted by Crippen LogP contribution is -2.49. The summed E-state index contributed by atoms with van der Waals surface area (Å²) >= 11 is 0. The molecule has 3 heterocycles. The zero-order valence-corrected chi connectivity index (χ0v) is 25.3. The van der Waals surface area contributed by atoms with Crippen molar-refractivity contribution in [1.82, 2.24) is 19.8 Å². The van der Waals surface area contributed by atoms with Gasteiger partial charge in [-0.1, -0.05) is 30.3 Å². The molecule has 2 aliphatic rings. The van der Waals surface area contributed by atoms with Crippen LogP contribution in [0, 0.1) is 22.7 Å². The molecule has 0 aliphatic carbocycles. The van der Waals surface area contributed by atoms with Crippen LogP contribution in [0.4, 0.5) is 14.0 Å². The summed E-state index contributed by atoms with van der Waals surface area (Å²) in [6, 6.07) is 13.7. The van der Waals surface area contributed by atoms with Gasteiger partial charge in [0, 0.05) is 25.8 Å². The van der Waals surface area contributed by atoms with Crippen LogP contribution in [-0.4, -0.2) is 81.1 Å². The molecule has 2 amide bonds. The second-order valence-electron chi connectivity index (χ2n) is 11.8. The Hall–Kier alpha value is -4.65. The van der Waals surface area contributed by atoms with Gasteiger partial charge in [0.15, 0.2) is 0 Å². The maximum absolute atomic E-state index is 14.4. The van der Waals surface area contributed by atoms with Crippen LogP contribution in [0.15, 0.2) is 36.4 Å². The fourth-order valence-corrected chi connectivity index (χ4v) is 5.27. The van der Waals surface area contributed by atoms with Gasteiger partial charge in [-0.15, -0.1) is 0 Å². The Bertz CT molecular complexity index is 1390. The predicted molar refractivity (Wildman–Crippen MR) is 154 cm³/mol. The van der Waals surface area contributed by atoms with Crippen LogP contribution >= 0.6 is 0 Å². The predicted octanol–water partition coefficient (Wildman–Crippen LogP) is 4.93. The van der Waals surface area contributed by atoms with Crippen molar-refractivity contribution < 1.29 is 32.9 Å². The van der Waals surface area contributed by atoms with Gasteiger partial charge in [-0.2, -0.15) is 20.5 Å². The van der Waals surface area contributed by atoms with Crippen molar-refractivity contribution >= 4 is 12.2 Å². The molecule has 12 nitrogen and oxygen atoms in total. The monoisotopic (exact) mass is 608 g/mol. The molecule has 2 fully saturated rings. The van der Waals surface area contributed by atoms with E-state index in [-0.39, 0.29) is 43.6 Å². The molecule has 2 aromatic rings. The van der Waals surface area contributed by atoms with Crippen LogP contribution in [0.2, 0.25) is 0 Å². The van der Waals surface area contributed by atoms with Gasteiger partial charge in [-0.25, -0.2) is 14.0 Å². The van der Waals surface area contributed by atoms with Crippen molar-refractivity contribution in [3.63, 3.8) is 0 Å². The Morgan fingerprint density at radius 1 is 1.09 bits per heavy atom. The number of carbonyl (C=O) groups excluding carboxylic acids is 2. The number of nitriles is 2. The molecular formula is C31H37FN6O6. The Labute approximate surface area is 256 Å². The van der Waals surface area contributed by atoms with Gasteiger partial charge in [0.1, 0.15) is 36.7 Å². The second-order valence-corrected chi connectivity index (χ2v) is 11.8. The summed E-state index contributed by atoms with van der Waals surface area (Å²) in [5.41, 5.74) is 0.112. The highest BCUT2D eigenvalue weighted by Crippen LogP contribution is 2.29. The first-order valence-electron chi connectivity index (χ1n) is 14.6. The van der Waals surface area contributed by atoms with Crippen LogP contribution in [0.1, 0.15) is 64.8 Å². The number of piperidine rings is 1. The molecule has 5 atom stereocenters. The lowest BCUT2D eigenvalue weighted by molar-refractivity contribution is 0.0101. The average molecular weight is 609 g/mol. The number of hydrogen-bond acceptors (Lipinski definition) is 10. The number of alkyl halides is 1. The lowest BCUT2D eigenvalue weighted by Gasteiger charge is -2.37. The molecule has 0 saturated carbocycles. The number of likely N-dealkylation sites (tertiary alicyclic amines) is 2. The van der Waals surface area contributed by atoms with Crippen molar-refractivity contribution in [3.8, 4) is 23.9 Å². The number of rotatable bonds is 8. The standard InChI is InChI=1S/C31H37FN6O6/c1-20(25-14-22(32)18-38(25)30(40)44-31(2,3)4)42-27-16-28(36-26(17-34)35-27)43-24-11-13-37(23(15-24)10-12-33)29(39)41-19-21-8-6-5-7-9-21/h5-9,16,20,22-25H,10-11,13-15,18-19H2,1-4H3/t20-,22+,23?,24?,25-/m0/s1. The summed E-state index contributed by atoms with van der Waals surface area (Å²) in [7, 11) is 0. The van der Waals surface area contributed by atoms with E-state index in [9.17, 15) is 24.5 Å². The first-order chi connectivity index (χ1) is 21.0. The number of benzene rings is 1. The number of amides is 2. The van der Waals surface area contributed by atoms with Crippen LogP contribution in [-0.2, 0) is 16.1 Å². The number of hydrogen-bond donors (Lipinski definition) is 0. The van der Waals surface area contributed by atoms with Gasteiger partial charge in [-0.05, 0) is 33.3 Å². The lowest BCUT2D eigenvalue weighted by atomic mass is 9.97. The van der Waals surface area contributed by atoms with Crippen LogP contribution in [0.3, 0.4) is 0 Å². The number of halogens is 1. The molecule has 0 spiro atoms. The summed E-state index contributed by atoms with van der Waals surface area (Å²) in [6.45, 7) is 7.20. The van der Waals surface area contributed by atoms with Gasteiger partial charge in [0.25, 0.3) is 0 Å². The van der Waals surface area contributed by atoms with E-state index in [0.29, 0.717) is 19.4 Å². The number of ether oxygens (including phenoxy) is 4. The quantitative estimate of drug-likeness (QED) is 0.404.